The van der Waals surface area contributed by atoms with Crippen LogP contribution in [0.3, 0.4) is 0 Å². The van der Waals surface area contributed by atoms with Crippen LogP contribution in [0.2, 0.25) is 0 Å². The number of fused-ring (bicyclic) bond motifs is 2. The van der Waals surface area contributed by atoms with E-state index >= 15 is 0 Å². The molecule has 0 spiro atoms. The van der Waals surface area contributed by atoms with E-state index in [2.05, 4.69) is 20.3 Å². The van der Waals surface area contributed by atoms with Crippen LogP contribution in [-0.4, -0.2) is 77.4 Å². The third-order valence-corrected chi connectivity index (χ3v) is 17.8. The van der Waals surface area contributed by atoms with E-state index < -0.39 is 92.6 Å². The van der Waals surface area contributed by atoms with Crippen LogP contribution in [0.5, 0.6) is 0 Å². The molecule has 0 unspecified atom stereocenters. The molecule has 0 aromatic heterocycles. The molecule has 0 bridgehead atoms. The number of aryl methyl sites for hydroxylation is 4. The van der Waals surface area contributed by atoms with Gasteiger partial charge in [-0.2, -0.15) is 33.7 Å². The number of nitrogens with one attached hydrogen (secondary N) is 3. The first-order valence-corrected chi connectivity index (χ1v) is 28.6. The standard InChI is InChI=1S/C46H52N4O15S5/c1-23-15-25(3)43(69(59,60)61)27(5)41(23)47-33-19-35-31(17-38(33)67(53,54)55)40(30-13-11-12-14-37(30)66(51,52)49-29-21-45(7,8)50-46(9,10)22-29)32-18-39(68(56,57)58)34(20-36(32)65-35)48-42-24(2)16-26(4)44(28(42)6)70(62,63)64/h11-20,29,47,49-50H,21-22H2,1-10H3,(H,53,54,55)(H,56,57,58)(H,59,60,61)(H,62,63,64)/b48-34+. The Kier molecular flexibility index (Phi) is 13.2. The number of nitrogens with zero attached hydrogens (tertiary/aromatic N) is 1. The molecule has 4 aromatic carbocycles. The molecule has 7 N–H and O–H groups in total. The van der Waals surface area contributed by atoms with E-state index in [0.29, 0.717) is 24.0 Å². The van der Waals surface area contributed by atoms with Crippen molar-refractivity contribution in [3.8, 4) is 22.5 Å². The van der Waals surface area contributed by atoms with Gasteiger partial charge in [-0.15, -0.1) is 0 Å². The summed E-state index contributed by atoms with van der Waals surface area (Å²) in [7, 11) is -24.7. The van der Waals surface area contributed by atoms with Gasteiger partial charge in [-0.3, -0.25) is 18.2 Å². The fourth-order valence-corrected chi connectivity index (χ4v) is 14.8. The molecule has 3 aliphatic rings. The highest BCUT2D eigenvalue weighted by molar-refractivity contribution is 7.89. The van der Waals surface area contributed by atoms with Crippen LogP contribution in [0.15, 0.2) is 94.6 Å². The summed E-state index contributed by atoms with van der Waals surface area (Å²) < 4.78 is 184. The predicted molar refractivity (Wildman–Crippen MR) is 262 cm³/mol. The second-order valence-corrected chi connectivity index (χ2v) is 26.2. The fourth-order valence-electron chi connectivity index (χ4n) is 10.2. The van der Waals surface area contributed by atoms with Crippen LogP contribution < -0.4 is 20.7 Å². The van der Waals surface area contributed by atoms with E-state index in [-0.39, 0.29) is 77.6 Å². The average molecular weight is 1060 g/mol. The van der Waals surface area contributed by atoms with Gasteiger partial charge in [-0.25, -0.2) is 18.1 Å². The van der Waals surface area contributed by atoms with E-state index in [1.165, 1.54) is 64.1 Å². The monoisotopic (exact) mass is 1060 g/mol. The van der Waals surface area contributed by atoms with Crippen molar-refractivity contribution in [2.24, 2.45) is 4.99 Å². The molecule has 1 fully saturated rings. The molecular weight excluding hydrogens is 1010 g/mol. The van der Waals surface area contributed by atoms with Crippen molar-refractivity contribution >= 4 is 78.5 Å². The Morgan fingerprint density at radius 1 is 0.614 bits per heavy atom. The molecule has 2 aliphatic heterocycles. The Bertz CT molecular complexity index is 3830. The normalized spacial score (nSPS) is 16.3. The largest absolute Gasteiger partial charge is 0.456 e. The minimum atomic E-state index is -5.29. The molecule has 376 valence electrons. The van der Waals surface area contributed by atoms with Gasteiger partial charge in [-0.1, -0.05) is 30.3 Å². The summed E-state index contributed by atoms with van der Waals surface area (Å²) >= 11 is 0. The summed E-state index contributed by atoms with van der Waals surface area (Å²) in [6.07, 6.45) is 0.755. The Hall–Kier alpha value is -5.12. The number of hydrogen-bond acceptors (Lipinski definition) is 14. The van der Waals surface area contributed by atoms with Gasteiger partial charge in [0.2, 0.25) is 10.0 Å². The first-order chi connectivity index (χ1) is 31.9. The van der Waals surface area contributed by atoms with Crippen molar-refractivity contribution in [1.29, 1.82) is 0 Å². The van der Waals surface area contributed by atoms with Crippen LogP contribution >= 0.6 is 0 Å². The molecule has 0 saturated carbocycles. The van der Waals surface area contributed by atoms with Gasteiger partial charge in [0, 0.05) is 57.0 Å². The van der Waals surface area contributed by atoms with E-state index in [1.807, 2.05) is 27.7 Å². The van der Waals surface area contributed by atoms with E-state index in [1.54, 1.807) is 13.8 Å². The van der Waals surface area contributed by atoms with Gasteiger partial charge in [0.25, 0.3) is 40.5 Å². The smallest absolute Gasteiger partial charge is 0.296 e. The van der Waals surface area contributed by atoms with Crippen molar-refractivity contribution in [1.82, 2.24) is 10.0 Å². The van der Waals surface area contributed by atoms with Gasteiger partial charge in [0.05, 0.1) is 21.6 Å². The Morgan fingerprint density at radius 2 is 1.16 bits per heavy atom. The topological polar surface area (TPSA) is 313 Å². The second kappa shape index (κ2) is 17.6. The van der Waals surface area contributed by atoms with E-state index in [0.717, 1.165) is 24.3 Å². The lowest BCUT2D eigenvalue weighted by atomic mass is 9.80. The maximum Gasteiger partial charge on any atom is 0.296 e. The molecule has 0 radical (unpaired) electrons. The highest BCUT2D eigenvalue weighted by Crippen LogP contribution is 2.46. The van der Waals surface area contributed by atoms with Crippen LogP contribution in [0.25, 0.3) is 33.4 Å². The molecule has 70 heavy (non-hydrogen) atoms. The summed E-state index contributed by atoms with van der Waals surface area (Å²) in [6.45, 7) is 16.4. The summed E-state index contributed by atoms with van der Waals surface area (Å²) in [4.78, 5) is 1.47. The lowest BCUT2D eigenvalue weighted by Gasteiger charge is -2.46. The number of sulfonamides is 1. The number of benzene rings is 5. The summed E-state index contributed by atoms with van der Waals surface area (Å²) in [5.74, 6) is -0.241. The zero-order valence-electron chi connectivity index (χ0n) is 39.5. The first-order valence-electron chi connectivity index (χ1n) is 21.3. The van der Waals surface area contributed by atoms with Crippen LogP contribution in [0.4, 0.5) is 17.1 Å². The zero-order chi connectivity index (χ0) is 52.2. The first kappa shape index (κ1) is 52.7. The molecule has 0 atom stereocenters. The third-order valence-electron chi connectivity index (χ3n) is 12.2. The Balaban J connectivity index is 1.63. The third kappa shape index (κ3) is 10.3. The van der Waals surface area contributed by atoms with Crippen LogP contribution in [0, 0.1) is 41.5 Å². The van der Waals surface area contributed by atoms with Gasteiger partial charge in [-0.05, 0) is 134 Å². The fraction of sp³-hybridized carbons (Fsp3) is 0.326. The van der Waals surface area contributed by atoms with Gasteiger partial charge in [0.15, 0.2) is 0 Å². The maximum atomic E-state index is 14.8. The Labute approximate surface area is 406 Å². The number of hydrogen-bond donors (Lipinski definition) is 7. The average Bonchev–Trinajstić information content (AvgIpc) is 3.16. The van der Waals surface area contributed by atoms with Crippen LogP contribution in [0.1, 0.15) is 73.9 Å². The van der Waals surface area contributed by atoms with Crippen molar-refractivity contribution in [2.45, 2.75) is 124 Å². The molecule has 24 heteroatoms. The summed E-state index contributed by atoms with van der Waals surface area (Å²) in [6, 6.07) is 11.9. The molecule has 0 amide bonds. The van der Waals surface area contributed by atoms with E-state index in [4.69, 9.17) is 4.42 Å². The Morgan fingerprint density at radius 3 is 1.71 bits per heavy atom. The molecule has 1 saturated heterocycles. The van der Waals surface area contributed by atoms with Gasteiger partial charge < -0.3 is 15.1 Å². The van der Waals surface area contributed by atoms with Crippen molar-refractivity contribution in [2.75, 3.05) is 5.32 Å². The van der Waals surface area contributed by atoms with Gasteiger partial charge in [0.1, 0.15) is 30.9 Å². The van der Waals surface area contributed by atoms with Crippen LogP contribution in [-0.2, 0) is 50.5 Å². The number of anilines is 2. The summed E-state index contributed by atoms with van der Waals surface area (Å²) in [5, 5.41) is 5.66. The predicted octanol–water partition coefficient (Wildman–Crippen LogP) is 7.61. The quantitative estimate of drug-likeness (QED) is 0.0485. The number of rotatable bonds is 11. The minimum absolute atomic E-state index is 0.0160. The van der Waals surface area contributed by atoms with Gasteiger partial charge >= 0.3 is 0 Å². The van der Waals surface area contributed by atoms with Crippen molar-refractivity contribution < 1.29 is 64.7 Å². The molecule has 1 aliphatic carbocycles. The second-order valence-electron chi connectivity index (χ2n) is 19.0. The number of piperidine rings is 1. The van der Waals surface area contributed by atoms with Crippen molar-refractivity contribution in [3.05, 3.63) is 99.4 Å². The minimum Gasteiger partial charge on any atom is -0.456 e. The molecule has 2 heterocycles. The molecule has 19 nitrogen and oxygen atoms in total. The highest BCUT2D eigenvalue weighted by Gasteiger charge is 2.40. The van der Waals surface area contributed by atoms with E-state index in [9.17, 15) is 60.3 Å². The lowest BCUT2D eigenvalue weighted by molar-refractivity contribution is 0.157. The molecular formula is C46H52N4O15S5. The SMILES string of the molecule is Cc1cc(C)c(S(=O)(=O)O)c(C)c1/N=c1\cc2oc3cc(Nc4c(C)cc(C)c(S(=O)(=O)O)c4C)c(S(=O)(=O)O)cc3c(-c3ccccc3S(=O)(=O)NC3CC(C)(C)NC(C)(C)C3)c-2cc1S(=O)(=O)O. The lowest BCUT2D eigenvalue weighted by Crippen LogP contribution is -2.62. The van der Waals surface area contributed by atoms with Crippen molar-refractivity contribution in [3.63, 3.8) is 0 Å². The molecule has 4 aromatic rings. The highest BCUT2D eigenvalue weighted by atomic mass is 32.2. The molecule has 7 rings (SSSR count). The zero-order valence-corrected chi connectivity index (χ0v) is 43.6. The maximum absolute atomic E-state index is 14.8. The summed E-state index contributed by atoms with van der Waals surface area (Å²) in [5.41, 5.74) is -1.23.